The van der Waals surface area contributed by atoms with Crippen LogP contribution in [0.15, 0.2) is 30.3 Å². The van der Waals surface area contributed by atoms with Gasteiger partial charge < -0.3 is 26.8 Å². The van der Waals surface area contributed by atoms with Crippen LogP contribution in [0.4, 0.5) is 0 Å². The normalized spacial score (nSPS) is 18.2. The third-order valence-corrected chi connectivity index (χ3v) is 4.85. The molecular formula is C20H30N4O4. The van der Waals surface area contributed by atoms with E-state index < -0.39 is 24.0 Å². The van der Waals surface area contributed by atoms with Crippen molar-refractivity contribution in [2.75, 3.05) is 13.1 Å². The van der Waals surface area contributed by atoms with E-state index in [0.29, 0.717) is 19.4 Å². The molecule has 1 aromatic carbocycles. The smallest absolute Gasteiger partial charge is 0.326 e. The van der Waals surface area contributed by atoms with Gasteiger partial charge in [0.15, 0.2) is 0 Å². The largest absolute Gasteiger partial charge is 0.480 e. The first-order valence-corrected chi connectivity index (χ1v) is 9.82. The lowest BCUT2D eigenvalue weighted by atomic mass is 10.0. The summed E-state index contributed by atoms with van der Waals surface area (Å²) in [5.74, 6) is -1.81. The number of amides is 2. The van der Waals surface area contributed by atoms with Gasteiger partial charge in [-0.1, -0.05) is 30.3 Å². The average Bonchev–Trinajstić information content (AvgIpc) is 3.22. The van der Waals surface area contributed by atoms with Gasteiger partial charge in [-0.3, -0.25) is 9.59 Å². The summed E-state index contributed by atoms with van der Waals surface area (Å²) in [4.78, 5) is 36.8. The summed E-state index contributed by atoms with van der Waals surface area (Å²) in [6.45, 7) is 1.28. The van der Waals surface area contributed by atoms with Gasteiger partial charge >= 0.3 is 5.97 Å². The summed E-state index contributed by atoms with van der Waals surface area (Å²) in [6.07, 6.45) is 3.64. The van der Waals surface area contributed by atoms with Crippen LogP contribution in [-0.4, -0.2) is 54.1 Å². The second-order valence-corrected chi connectivity index (χ2v) is 7.08. The van der Waals surface area contributed by atoms with Crippen LogP contribution < -0.4 is 21.7 Å². The lowest BCUT2D eigenvalue weighted by Gasteiger charge is -2.23. The number of aliphatic carboxylic acids is 1. The minimum Gasteiger partial charge on any atom is -0.480 e. The van der Waals surface area contributed by atoms with Crippen molar-refractivity contribution in [3.63, 3.8) is 0 Å². The monoisotopic (exact) mass is 390 g/mol. The van der Waals surface area contributed by atoms with E-state index in [0.717, 1.165) is 31.4 Å². The van der Waals surface area contributed by atoms with Gasteiger partial charge in [0.2, 0.25) is 11.8 Å². The zero-order valence-electron chi connectivity index (χ0n) is 16.0. The van der Waals surface area contributed by atoms with Crippen LogP contribution in [0.5, 0.6) is 0 Å². The lowest BCUT2D eigenvalue weighted by molar-refractivity contribution is -0.142. The maximum Gasteiger partial charge on any atom is 0.326 e. The molecule has 1 heterocycles. The predicted octanol–water partition coefficient (Wildman–Crippen LogP) is 0.164. The Kier molecular flexibility index (Phi) is 8.90. The molecule has 8 nitrogen and oxygen atoms in total. The summed E-state index contributed by atoms with van der Waals surface area (Å²) >= 11 is 0. The molecule has 0 radical (unpaired) electrons. The molecule has 6 N–H and O–H groups in total. The van der Waals surface area contributed by atoms with E-state index in [1.807, 2.05) is 30.3 Å². The molecule has 28 heavy (non-hydrogen) atoms. The standard InChI is InChI=1S/C20H30N4O4/c21-11-5-4-9-16(23-18(25)15-10-6-12-22-15)19(26)24-17(20(27)28)13-14-7-2-1-3-8-14/h1-3,7-8,15-17,22H,4-6,9-13,21H2,(H,23,25)(H,24,26)(H,27,28). The zero-order chi connectivity index (χ0) is 20.4. The number of nitrogens with two attached hydrogens (primary N) is 1. The van der Waals surface area contributed by atoms with Gasteiger partial charge in [-0.05, 0) is 50.8 Å². The zero-order valence-corrected chi connectivity index (χ0v) is 16.0. The van der Waals surface area contributed by atoms with Crippen molar-refractivity contribution < 1.29 is 19.5 Å². The van der Waals surface area contributed by atoms with Gasteiger partial charge in [0, 0.05) is 6.42 Å². The molecule has 0 saturated carbocycles. The Balaban J connectivity index is 2.01. The number of benzene rings is 1. The molecule has 1 fully saturated rings. The summed E-state index contributed by atoms with van der Waals surface area (Å²) < 4.78 is 0. The number of rotatable bonds is 11. The molecular weight excluding hydrogens is 360 g/mol. The minimum absolute atomic E-state index is 0.176. The van der Waals surface area contributed by atoms with E-state index in [4.69, 9.17) is 5.73 Å². The Morgan fingerprint density at radius 3 is 2.50 bits per heavy atom. The molecule has 2 rings (SSSR count). The highest BCUT2D eigenvalue weighted by atomic mass is 16.4. The quantitative estimate of drug-likeness (QED) is 0.342. The van der Waals surface area contributed by atoms with Crippen LogP contribution in [0.25, 0.3) is 0 Å². The lowest BCUT2D eigenvalue weighted by Crippen LogP contribution is -2.54. The van der Waals surface area contributed by atoms with E-state index in [1.54, 1.807) is 0 Å². The van der Waals surface area contributed by atoms with Crippen LogP contribution in [0.2, 0.25) is 0 Å². The number of nitrogens with one attached hydrogen (secondary N) is 3. The molecule has 0 aromatic heterocycles. The first-order chi connectivity index (χ1) is 13.5. The fourth-order valence-corrected chi connectivity index (χ4v) is 3.26. The average molecular weight is 390 g/mol. The highest BCUT2D eigenvalue weighted by Crippen LogP contribution is 2.09. The molecule has 1 aromatic rings. The Hall–Kier alpha value is -2.45. The second kappa shape index (κ2) is 11.4. The number of carboxylic acid groups (broad SMARTS) is 1. The summed E-state index contributed by atoms with van der Waals surface area (Å²) in [5, 5.41) is 18.0. The fraction of sp³-hybridized carbons (Fsp3) is 0.550. The van der Waals surface area contributed by atoms with E-state index in [9.17, 15) is 19.5 Å². The highest BCUT2D eigenvalue weighted by Gasteiger charge is 2.29. The van der Waals surface area contributed by atoms with Crippen LogP contribution in [0, 0.1) is 0 Å². The summed E-state index contributed by atoms with van der Waals surface area (Å²) in [7, 11) is 0. The molecule has 3 unspecified atom stereocenters. The third kappa shape index (κ3) is 6.94. The van der Waals surface area contributed by atoms with Crippen molar-refractivity contribution >= 4 is 17.8 Å². The SMILES string of the molecule is NCCCCC(NC(=O)C1CCCN1)C(=O)NC(Cc1ccccc1)C(=O)O. The second-order valence-electron chi connectivity index (χ2n) is 7.08. The van der Waals surface area contributed by atoms with Gasteiger partial charge in [-0.15, -0.1) is 0 Å². The van der Waals surface area contributed by atoms with Crippen LogP contribution in [-0.2, 0) is 20.8 Å². The van der Waals surface area contributed by atoms with Gasteiger partial charge in [0.1, 0.15) is 12.1 Å². The van der Waals surface area contributed by atoms with Gasteiger partial charge in [0.25, 0.3) is 0 Å². The predicted molar refractivity (Wildman–Crippen MR) is 106 cm³/mol. The Labute approximate surface area is 165 Å². The van der Waals surface area contributed by atoms with Gasteiger partial charge in [-0.2, -0.15) is 0 Å². The van der Waals surface area contributed by atoms with Crippen molar-refractivity contribution in [2.24, 2.45) is 5.73 Å². The van der Waals surface area contributed by atoms with Gasteiger partial charge in [-0.25, -0.2) is 4.79 Å². The highest BCUT2D eigenvalue weighted by molar-refractivity contribution is 5.92. The number of unbranched alkanes of at least 4 members (excludes halogenated alkanes) is 1. The van der Waals surface area contributed by atoms with E-state index >= 15 is 0 Å². The molecule has 3 atom stereocenters. The summed E-state index contributed by atoms with van der Waals surface area (Å²) in [5.41, 5.74) is 6.34. The van der Waals surface area contributed by atoms with Crippen molar-refractivity contribution in [3.05, 3.63) is 35.9 Å². The van der Waals surface area contributed by atoms with Crippen LogP contribution >= 0.6 is 0 Å². The molecule has 8 heteroatoms. The van der Waals surface area contributed by atoms with Crippen LogP contribution in [0.1, 0.15) is 37.7 Å². The Morgan fingerprint density at radius 1 is 1.14 bits per heavy atom. The molecule has 154 valence electrons. The van der Waals surface area contributed by atoms with Crippen molar-refractivity contribution in [2.45, 2.75) is 56.7 Å². The van der Waals surface area contributed by atoms with E-state index in [-0.39, 0.29) is 18.4 Å². The molecule has 2 amide bonds. The third-order valence-electron chi connectivity index (χ3n) is 4.85. The number of carbonyl (C=O) groups excluding carboxylic acids is 2. The topological polar surface area (TPSA) is 134 Å². The first kappa shape index (κ1) is 21.8. The first-order valence-electron chi connectivity index (χ1n) is 9.82. The molecule has 1 aliphatic rings. The van der Waals surface area contributed by atoms with Crippen LogP contribution in [0.3, 0.4) is 0 Å². The molecule has 0 bridgehead atoms. The molecule has 0 spiro atoms. The maximum absolute atomic E-state index is 12.8. The molecule has 1 saturated heterocycles. The fourth-order valence-electron chi connectivity index (χ4n) is 3.26. The van der Waals surface area contributed by atoms with Crippen molar-refractivity contribution in [1.82, 2.24) is 16.0 Å². The number of carboxylic acids is 1. The van der Waals surface area contributed by atoms with E-state index in [1.165, 1.54) is 0 Å². The molecule has 1 aliphatic heterocycles. The number of hydrogen-bond donors (Lipinski definition) is 5. The van der Waals surface area contributed by atoms with Crippen molar-refractivity contribution in [3.8, 4) is 0 Å². The van der Waals surface area contributed by atoms with Crippen molar-refractivity contribution in [1.29, 1.82) is 0 Å². The maximum atomic E-state index is 12.8. The van der Waals surface area contributed by atoms with Gasteiger partial charge in [0.05, 0.1) is 6.04 Å². The Bertz CT molecular complexity index is 647. The minimum atomic E-state index is -1.11. The Morgan fingerprint density at radius 2 is 1.89 bits per heavy atom. The van der Waals surface area contributed by atoms with E-state index in [2.05, 4.69) is 16.0 Å². The number of hydrogen-bond acceptors (Lipinski definition) is 5. The number of carbonyl (C=O) groups is 3. The summed E-state index contributed by atoms with van der Waals surface area (Å²) in [6, 6.07) is 6.97. The molecule has 0 aliphatic carbocycles.